The first kappa shape index (κ1) is 15.5. The molecule has 0 aliphatic carbocycles. The van der Waals surface area contributed by atoms with Gasteiger partial charge in [0.1, 0.15) is 6.61 Å². The van der Waals surface area contributed by atoms with E-state index in [0.717, 1.165) is 17.2 Å². The number of nitrogens with zero attached hydrogens (tertiary/aromatic N) is 1. The van der Waals surface area contributed by atoms with E-state index in [1.54, 1.807) is 11.3 Å². The molecule has 3 nitrogen and oxygen atoms in total. The highest BCUT2D eigenvalue weighted by Gasteiger charge is 2.21. The number of thiazole rings is 1. The zero-order valence-corrected chi connectivity index (χ0v) is 11.8. The summed E-state index contributed by atoms with van der Waals surface area (Å²) in [6.07, 6.45) is -1.82. The predicted octanol–water partition coefficient (Wildman–Crippen LogP) is 2.81. The van der Waals surface area contributed by atoms with Crippen molar-refractivity contribution in [3.05, 3.63) is 16.1 Å². The van der Waals surface area contributed by atoms with Crippen molar-refractivity contribution in [3.63, 3.8) is 0 Å². The maximum Gasteiger partial charge on any atom is 0.261 e. The maximum atomic E-state index is 11.9. The normalized spacial score (nSPS) is 12.3. The fraction of sp³-hybridized carbons (Fsp3) is 0.750. The minimum absolute atomic E-state index is 0.159. The van der Waals surface area contributed by atoms with Gasteiger partial charge >= 0.3 is 0 Å². The molecule has 6 heteroatoms. The second kappa shape index (κ2) is 7.11. The zero-order valence-electron chi connectivity index (χ0n) is 11.0. The van der Waals surface area contributed by atoms with E-state index in [1.807, 2.05) is 12.3 Å². The highest BCUT2D eigenvalue weighted by atomic mass is 32.1. The molecule has 0 aliphatic rings. The molecule has 0 saturated heterocycles. The fourth-order valence-electron chi connectivity index (χ4n) is 1.58. The first-order chi connectivity index (χ1) is 8.45. The minimum atomic E-state index is -2.40. The van der Waals surface area contributed by atoms with Crippen molar-refractivity contribution in [1.29, 1.82) is 0 Å². The van der Waals surface area contributed by atoms with Crippen molar-refractivity contribution in [2.45, 2.75) is 39.2 Å². The molecule has 0 bridgehead atoms. The molecule has 0 amide bonds. The number of ether oxygens (including phenoxy) is 1. The molecule has 0 fully saturated rings. The highest BCUT2D eigenvalue weighted by molar-refractivity contribution is 7.09. The summed E-state index contributed by atoms with van der Waals surface area (Å²) in [5.41, 5.74) is 0.825. The molecule has 1 N–H and O–H groups in total. The van der Waals surface area contributed by atoms with Crippen LogP contribution in [0.4, 0.5) is 8.78 Å². The van der Waals surface area contributed by atoms with Gasteiger partial charge in [0.25, 0.3) is 6.43 Å². The van der Waals surface area contributed by atoms with Crippen molar-refractivity contribution in [3.8, 4) is 0 Å². The molecule has 0 atom stereocenters. The second-order valence-electron chi connectivity index (χ2n) is 4.50. The van der Waals surface area contributed by atoms with Gasteiger partial charge in [-0.25, -0.2) is 13.8 Å². The molecular formula is C12H20F2N2OS. The van der Waals surface area contributed by atoms with Crippen molar-refractivity contribution >= 4 is 11.3 Å². The fourth-order valence-corrected chi connectivity index (χ4v) is 2.52. The van der Waals surface area contributed by atoms with Crippen LogP contribution in [0.25, 0.3) is 0 Å². The molecule has 0 unspecified atom stereocenters. The Bertz CT molecular complexity index is 356. The Hall–Kier alpha value is -0.590. The van der Waals surface area contributed by atoms with E-state index in [9.17, 15) is 8.78 Å². The molecule has 0 saturated carbocycles. The van der Waals surface area contributed by atoms with Crippen LogP contribution in [-0.2, 0) is 16.7 Å². The Morgan fingerprint density at radius 2 is 2.22 bits per heavy atom. The molecule has 1 aromatic heterocycles. The monoisotopic (exact) mass is 278 g/mol. The van der Waals surface area contributed by atoms with Crippen LogP contribution in [0.5, 0.6) is 0 Å². The lowest BCUT2D eigenvalue weighted by Gasteiger charge is -2.23. The van der Waals surface area contributed by atoms with Crippen molar-refractivity contribution < 1.29 is 13.5 Å². The average molecular weight is 278 g/mol. The van der Waals surface area contributed by atoms with E-state index in [-0.39, 0.29) is 5.54 Å². The lowest BCUT2D eigenvalue weighted by atomic mass is 10.0. The Morgan fingerprint density at radius 3 is 2.83 bits per heavy atom. The third kappa shape index (κ3) is 4.96. The van der Waals surface area contributed by atoms with E-state index < -0.39 is 13.0 Å². The van der Waals surface area contributed by atoms with Crippen LogP contribution >= 0.6 is 11.3 Å². The predicted molar refractivity (Wildman–Crippen MR) is 69.3 cm³/mol. The zero-order chi connectivity index (χ0) is 13.6. The lowest BCUT2D eigenvalue weighted by Crippen LogP contribution is -2.36. The molecule has 1 aromatic rings. The third-order valence-corrected chi connectivity index (χ3v) is 3.42. The van der Waals surface area contributed by atoms with Gasteiger partial charge in [0.15, 0.2) is 0 Å². The first-order valence-corrected chi connectivity index (χ1v) is 6.89. The van der Waals surface area contributed by atoms with Gasteiger partial charge in [-0.15, -0.1) is 11.3 Å². The summed E-state index contributed by atoms with van der Waals surface area (Å²) in [7, 11) is 0. The van der Waals surface area contributed by atoms with E-state index in [2.05, 4.69) is 24.1 Å². The number of rotatable bonds is 8. The van der Waals surface area contributed by atoms with Gasteiger partial charge in [0.05, 0.1) is 22.8 Å². The Morgan fingerprint density at radius 1 is 1.50 bits per heavy atom. The molecule has 1 rings (SSSR count). The smallest absolute Gasteiger partial charge is 0.261 e. The lowest BCUT2D eigenvalue weighted by molar-refractivity contribution is 0.0187. The van der Waals surface area contributed by atoms with Crippen LogP contribution in [0.2, 0.25) is 0 Å². The molecule has 0 spiro atoms. The van der Waals surface area contributed by atoms with E-state index in [4.69, 9.17) is 4.74 Å². The Kier molecular flexibility index (Phi) is 6.11. The number of nitrogens with one attached hydrogen (secondary N) is 1. The number of hydrogen-bond acceptors (Lipinski definition) is 4. The highest BCUT2D eigenvalue weighted by Crippen LogP contribution is 2.22. The molecule has 0 aliphatic heterocycles. The van der Waals surface area contributed by atoms with Crippen LogP contribution in [0.15, 0.2) is 5.38 Å². The molecule has 18 heavy (non-hydrogen) atoms. The summed E-state index contributed by atoms with van der Waals surface area (Å²) < 4.78 is 28.6. The van der Waals surface area contributed by atoms with Gasteiger partial charge in [-0.3, -0.25) is 0 Å². The standard InChI is InChI=1S/C12H20F2N2OS/c1-4-15-12(2,3)9-8-18-11(16-9)5-6-17-7-10(13)14/h8,10,15H,4-7H2,1-3H3. The molecular weight excluding hydrogens is 258 g/mol. The van der Waals surface area contributed by atoms with Crippen LogP contribution in [0, 0.1) is 0 Å². The Labute approximate surface area is 111 Å². The average Bonchev–Trinajstić information content (AvgIpc) is 2.73. The van der Waals surface area contributed by atoms with Gasteiger partial charge in [0, 0.05) is 11.8 Å². The number of aromatic nitrogens is 1. The summed E-state index contributed by atoms with van der Waals surface area (Å²) in [6, 6.07) is 0. The second-order valence-corrected chi connectivity index (χ2v) is 5.44. The van der Waals surface area contributed by atoms with Crippen LogP contribution in [-0.4, -0.2) is 31.2 Å². The first-order valence-electron chi connectivity index (χ1n) is 6.01. The van der Waals surface area contributed by atoms with E-state index in [0.29, 0.717) is 13.0 Å². The summed E-state index contributed by atoms with van der Waals surface area (Å²) in [5, 5.41) is 6.27. The molecule has 0 radical (unpaired) electrons. The van der Waals surface area contributed by atoms with Crippen LogP contribution in [0.1, 0.15) is 31.5 Å². The van der Waals surface area contributed by atoms with Crippen LogP contribution in [0.3, 0.4) is 0 Å². The maximum absolute atomic E-state index is 11.9. The summed E-state index contributed by atoms with van der Waals surface area (Å²) >= 11 is 1.54. The summed E-state index contributed by atoms with van der Waals surface area (Å²) in [5.74, 6) is 0. The van der Waals surface area contributed by atoms with E-state index >= 15 is 0 Å². The van der Waals surface area contributed by atoms with Gasteiger partial charge < -0.3 is 10.1 Å². The van der Waals surface area contributed by atoms with Gasteiger partial charge in [0.2, 0.25) is 0 Å². The number of hydrogen-bond donors (Lipinski definition) is 1. The molecule has 1 heterocycles. The van der Waals surface area contributed by atoms with E-state index in [1.165, 1.54) is 0 Å². The van der Waals surface area contributed by atoms with Crippen LogP contribution < -0.4 is 5.32 Å². The van der Waals surface area contributed by atoms with Crippen molar-refractivity contribution in [2.24, 2.45) is 0 Å². The molecule has 0 aromatic carbocycles. The summed E-state index contributed by atoms with van der Waals surface area (Å²) in [4.78, 5) is 4.51. The topological polar surface area (TPSA) is 34.1 Å². The summed E-state index contributed by atoms with van der Waals surface area (Å²) in [6.45, 7) is 6.86. The van der Waals surface area contributed by atoms with Gasteiger partial charge in [-0.05, 0) is 20.4 Å². The number of halogens is 2. The quantitative estimate of drug-likeness (QED) is 0.743. The largest absolute Gasteiger partial charge is 0.375 e. The minimum Gasteiger partial charge on any atom is -0.375 e. The SMILES string of the molecule is CCNC(C)(C)c1csc(CCOCC(F)F)n1. The number of alkyl halides is 2. The van der Waals surface area contributed by atoms with Gasteiger partial charge in [-0.1, -0.05) is 6.92 Å². The molecule has 104 valence electrons. The Balaban J connectivity index is 2.43. The van der Waals surface area contributed by atoms with Crippen molar-refractivity contribution in [1.82, 2.24) is 10.3 Å². The third-order valence-electron chi connectivity index (χ3n) is 2.51. The van der Waals surface area contributed by atoms with Crippen molar-refractivity contribution in [2.75, 3.05) is 19.8 Å². The van der Waals surface area contributed by atoms with Gasteiger partial charge in [-0.2, -0.15) is 0 Å².